The molecule has 5 aliphatic heterocycles. The van der Waals surface area contributed by atoms with Gasteiger partial charge < -0.3 is 124 Å². The highest BCUT2D eigenvalue weighted by Crippen LogP contribution is 2.56. The fraction of sp³-hybridized carbons (Fsp3) is 0.924. The summed E-state index contributed by atoms with van der Waals surface area (Å²) in [5.41, 5.74) is 0. The Bertz CT molecular complexity index is 2460. The summed E-state index contributed by atoms with van der Waals surface area (Å²) in [5.74, 6) is -7.50. The van der Waals surface area contributed by atoms with Gasteiger partial charge in [-0.05, 0) is 114 Å². The molecule has 0 aromatic rings. The third-order valence-corrected chi connectivity index (χ3v) is 24.5. The maximum Gasteiger partial charge on any atom is 0.330 e. The van der Waals surface area contributed by atoms with E-state index in [2.05, 4.69) is 0 Å². The molecule has 17 N–H and O–H groups in total. The molecule has 5 heterocycles. The van der Waals surface area contributed by atoms with Crippen molar-refractivity contribution >= 4 is 5.97 Å². The number of allylic oxidation sites excluding steroid dienone is 1. The Morgan fingerprint density at radius 3 is 1.74 bits per heavy atom. The number of carbonyl (C=O) groups excluding carboxylic acids is 1. The van der Waals surface area contributed by atoms with E-state index in [1.54, 1.807) is 18.2 Å². The van der Waals surface area contributed by atoms with Gasteiger partial charge in [0, 0.05) is 81.0 Å². The maximum absolute atomic E-state index is 13.1. The Labute approximate surface area is 536 Å². The predicted octanol–water partition coefficient (Wildman–Crippen LogP) is -2.97. The lowest BCUT2D eigenvalue weighted by atomic mass is 9.56. The molecule has 7 aliphatic carbocycles. The lowest BCUT2D eigenvalue weighted by molar-refractivity contribution is -0.379. The Balaban J connectivity index is 0.853. The van der Waals surface area contributed by atoms with Gasteiger partial charge in [-0.2, -0.15) is 0 Å². The Kier molecular flexibility index (Phi) is 22.4. The number of aliphatic hydroxyl groups excluding tert-OH is 16. The first-order valence-corrected chi connectivity index (χ1v) is 34.5. The number of methoxy groups -OCH3 is 2. The van der Waals surface area contributed by atoms with Crippen LogP contribution in [0.5, 0.6) is 0 Å². The van der Waals surface area contributed by atoms with Crippen LogP contribution in [0.3, 0.4) is 0 Å². The second kappa shape index (κ2) is 29.4. The smallest absolute Gasteiger partial charge is 0.330 e. The van der Waals surface area contributed by atoms with Crippen LogP contribution in [-0.2, 0) is 42.7 Å². The van der Waals surface area contributed by atoms with Crippen molar-refractivity contribution in [3.8, 4) is 0 Å². The van der Waals surface area contributed by atoms with Crippen LogP contribution in [0.25, 0.3) is 0 Å². The molecule has 0 aromatic carbocycles. The maximum atomic E-state index is 13.1. The zero-order chi connectivity index (χ0) is 65.3. The van der Waals surface area contributed by atoms with Gasteiger partial charge in [0.15, 0.2) is 18.5 Å². The number of hydrogen-bond acceptors (Lipinski definition) is 25. The first kappa shape index (κ1) is 69.9. The summed E-state index contributed by atoms with van der Waals surface area (Å²) in [5, 5.41) is 184. The minimum atomic E-state index is -1.82. The molecule has 0 spiro atoms. The van der Waals surface area contributed by atoms with Crippen LogP contribution in [0.4, 0.5) is 0 Å². The largest absolute Gasteiger partial charge is 0.460 e. The van der Waals surface area contributed by atoms with Gasteiger partial charge in [-0.1, -0.05) is 18.2 Å². The van der Waals surface area contributed by atoms with E-state index >= 15 is 0 Å². The van der Waals surface area contributed by atoms with Crippen LogP contribution in [0.2, 0.25) is 0 Å². The van der Waals surface area contributed by atoms with Crippen LogP contribution in [0.1, 0.15) is 116 Å². The summed E-state index contributed by atoms with van der Waals surface area (Å²) in [4.78, 5) is 13.1. The monoisotopic (exact) mass is 1310 g/mol. The minimum Gasteiger partial charge on any atom is -0.460 e. The van der Waals surface area contributed by atoms with Gasteiger partial charge in [0.05, 0.1) is 128 Å². The molecule has 36 unspecified atom stereocenters. The molecule has 0 bridgehead atoms. The zero-order valence-corrected chi connectivity index (χ0v) is 52.6. The van der Waals surface area contributed by atoms with E-state index in [1.165, 1.54) is 20.3 Å². The van der Waals surface area contributed by atoms with E-state index in [0.717, 1.165) is 0 Å². The van der Waals surface area contributed by atoms with Gasteiger partial charge in [0.25, 0.3) is 0 Å². The first-order valence-electron chi connectivity index (χ1n) is 34.5. The molecule has 26 nitrogen and oxygen atoms in total. The van der Waals surface area contributed by atoms with E-state index < -0.39 is 231 Å². The molecule has 12 fully saturated rings. The van der Waals surface area contributed by atoms with Gasteiger partial charge in [-0.3, -0.25) is 0 Å². The van der Waals surface area contributed by atoms with Crippen molar-refractivity contribution in [3.05, 3.63) is 24.3 Å². The fourth-order valence-electron chi connectivity index (χ4n) is 19.7. The lowest BCUT2D eigenvalue weighted by Gasteiger charge is -2.60. The van der Waals surface area contributed by atoms with Crippen LogP contribution in [0.15, 0.2) is 24.3 Å². The zero-order valence-electron chi connectivity index (χ0n) is 52.6. The van der Waals surface area contributed by atoms with E-state index in [1.807, 2.05) is 0 Å². The van der Waals surface area contributed by atoms with Crippen molar-refractivity contribution in [3.63, 3.8) is 0 Å². The molecule has 92 heavy (non-hydrogen) atoms. The van der Waals surface area contributed by atoms with Crippen LogP contribution >= 0.6 is 0 Å². The van der Waals surface area contributed by atoms with Crippen LogP contribution < -0.4 is 0 Å². The van der Waals surface area contributed by atoms with Crippen LogP contribution in [0, 0.1) is 65.1 Å². The lowest BCUT2D eigenvalue weighted by Crippen LogP contribution is -2.69. The van der Waals surface area contributed by atoms with Crippen molar-refractivity contribution in [2.45, 2.75) is 293 Å². The molecule has 7 saturated carbocycles. The number of ether oxygens (including phenoxy) is 9. The highest BCUT2D eigenvalue weighted by atomic mass is 16.7. The molecular formula is C66H105O26+. The molecule has 12 rings (SSSR count). The third-order valence-electron chi connectivity index (χ3n) is 24.5. The normalized spacial score (nSPS) is 55.1. The molecule has 12 aliphatic rings. The van der Waals surface area contributed by atoms with E-state index in [9.17, 15) is 86.5 Å². The average molecular weight is 1310 g/mol. The summed E-state index contributed by atoms with van der Waals surface area (Å²) in [7, 11) is 2.99. The second-order valence-corrected chi connectivity index (χ2v) is 29.9. The van der Waals surface area contributed by atoms with Gasteiger partial charge in [0.2, 0.25) is 0 Å². The van der Waals surface area contributed by atoms with E-state index in [-0.39, 0.29) is 88.1 Å². The van der Waals surface area contributed by atoms with Crippen molar-refractivity contribution in [1.29, 1.82) is 0 Å². The van der Waals surface area contributed by atoms with Crippen molar-refractivity contribution in [1.82, 2.24) is 0 Å². The molecule has 524 valence electrons. The quantitative estimate of drug-likeness (QED) is 0.0357. The standard InChI is InChI=1S/C66H104O26/c1-84-47-17-29(18-48(85-2)55(47)79)62-65(92-66-59(83)58(82)56(80)49(89-66)25-86-50(78)14-5-26-3-8-30(67)9-4-26)35-21-32(87-45-19-31(68)20-46(88-62)51(35)45)10-11-33-38(71)23-42(75)52-54(57(81)61(91-63(33)52)28-7-13-37(70)41(74)16-28)53-43(76)24-39(72)34-22-44(77)60(90-64(34)53)27-6-12-36(69)40(73)15-27/h5,10-11,14,26-49,51-77,79-83H,3-4,6-9,12-13,15-25H2,1-2H3/p+1. The second-order valence-electron chi connectivity index (χ2n) is 29.9. The third kappa shape index (κ3) is 14.1. The summed E-state index contributed by atoms with van der Waals surface area (Å²) in [6.07, 6.45) is -19.4. The molecule has 0 aromatic heterocycles. The molecule has 5 saturated heterocycles. The molecule has 36 atom stereocenters. The molecular weight excluding hydrogens is 1210 g/mol. The highest BCUT2D eigenvalue weighted by molar-refractivity contribution is 5.81. The Morgan fingerprint density at radius 2 is 1.09 bits per heavy atom. The number of hydrogen-bond donors (Lipinski definition) is 16. The number of aliphatic hydroxyl groups is 18. The summed E-state index contributed by atoms with van der Waals surface area (Å²) >= 11 is 0. The summed E-state index contributed by atoms with van der Waals surface area (Å²) < 4.78 is 56.9. The number of esters is 1. The average Bonchev–Trinajstić information content (AvgIpc) is 0.729. The van der Waals surface area contributed by atoms with Gasteiger partial charge in [0.1, 0.15) is 43.2 Å². The van der Waals surface area contributed by atoms with Gasteiger partial charge in [-0.25, -0.2) is 4.79 Å². The summed E-state index contributed by atoms with van der Waals surface area (Å²) in [6, 6.07) is 0. The Morgan fingerprint density at radius 1 is 0.457 bits per heavy atom. The van der Waals surface area contributed by atoms with Crippen molar-refractivity contribution < 1.29 is 129 Å². The fourth-order valence-corrected chi connectivity index (χ4v) is 19.7. The molecule has 0 amide bonds. The topological polar surface area (TPSA) is 427 Å². The minimum absolute atomic E-state index is 0.0439. The number of fused-ring (bicyclic) bond motifs is 2. The first-order chi connectivity index (χ1) is 44.0. The molecule has 26 heteroatoms. The van der Waals surface area contributed by atoms with Crippen molar-refractivity contribution in [2.75, 3.05) is 20.8 Å². The van der Waals surface area contributed by atoms with E-state index in [4.69, 9.17) is 42.6 Å². The Hall–Kier alpha value is -2.01. The number of carbonyl (C=O) groups is 1. The van der Waals surface area contributed by atoms with Gasteiger partial charge >= 0.3 is 5.97 Å². The number of rotatable bonds is 14. The van der Waals surface area contributed by atoms with Gasteiger partial charge in [-0.15, -0.1) is 0 Å². The highest BCUT2D eigenvalue weighted by Gasteiger charge is 2.65. The molecule has 0 radical (unpaired) electrons. The predicted molar refractivity (Wildman–Crippen MR) is 318 cm³/mol. The summed E-state index contributed by atoms with van der Waals surface area (Å²) in [6.45, 7) is -0.513. The van der Waals surface area contributed by atoms with Crippen molar-refractivity contribution in [2.24, 2.45) is 65.1 Å². The SMILES string of the molecule is COC1CC(C2[OH+]C3CC(O)CC4OC(C=CC5C(O)CC(O)C6C5OC(C5CCC(O)C(O)C5)C(O)C6C5C(O)CC(O)C6CC(O)C(C7CCC(O)C(O)C7)OC65)CC(C2OC2OC(COC(=O)C=CC5CCC(O)CC5)C(O)C(O)C2O)C43)CC(OC)C1O. The van der Waals surface area contributed by atoms with Crippen LogP contribution in [-0.4, -0.2) is 290 Å². The van der Waals surface area contributed by atoms with E-state index in [0.29, 0.717) is 51.4 Å².